The van der Waals surface area contributed by atoms with E-state index in [-0.39, 0.29) is 11.9 Å². The highest BCUT2D eigenvalue weighted by Gasteiger charge is 2.31. The number of benzene rings is 1. The van der Waals surface area contributed by atoms with Gasteiger partial charge in [0.2, 0.25) is 4.77 Å². The molecule has 4 rings (SSSR count). The van der Waals surface area contributed by atoms with Crippen molar-refractivity contribution in [1.82, 2.24) is 14.3 Å². The molecule has 7 heteroatoms. The van der Waals surface area contributed by atoms with Gasteiger partial charge in [0, 0.05) is 6.04 Å². The fraction of sp³-hybridized carbons (Fsp3) is 0.529. The zero-order valence-corrected chi connectivity index (χ0v) is 14.3. The van der Waals surface area contributed by atoms with Crippen molar-refractivity contribution in [3.05, 3.63) is 34.9 Å². The third-order valence-electron chi connectivity index (χ3n) is 4.86. The fourth-order valence-electron chi connectivity index (χ4n) is 3.49. The van der Waals surface area contributed by atoms with Gasteiger partial charge in [0.15, 0.2) is 12.5 Å². The van der Waals surface area contributed by atoms with E-state index in [0.717, 1.165) is 32.2 Å². The average Bonchev–Trinajstić information content (AvgIpc) is 3.34. The zero-order valence-electron chi connectivity index (χ0n) is 13.5. The van der Waals surface area contributed by atoms with Crippen molar-refractivity contribution in [3.63, 3.8) is 0 Å². The van der Waals surface area contributed by atoms with E-state index in [0.29, 0.717) is 35.4 Å². The predicted molar refractivity (Wildman–Crippen MR) is 90.7 cm³/mol. The largest absolute Gasteiger partial charge is 0.387 e. The Morgan fingerprint density at radius 2 is 2.08 bits per heavy atom. The molecule has 1 aliphatic heterocycles. The van der Waals surface area contributed by atoms with Gasteiger partial charge in [0.1, 0.15) is 18.5 Å². The summed E-state index contributed by atoms with van der Waals surface area (Å²) in [5, 5.41) is 14.5. The molecule has 2 aliphatic rings. The number of piperidine rings is 1. The summed E-state index contributed by atoms with van der Waals surface area (Å²) in [5.74, 6) is 0.352. The molecule has 2 N–H and O–H groups in total. The van der Waals surface area contributed by atoms with Gasteiger partial charge in [-0.15, -0.1) is 5.10 Å². The summed E-state index contributed by atoms with van der Waals surface area (Å²) in [7, 11) is 0. The van der Waals surface area contributed by atoms with Gasteiger partial charge in [-0.1, -0.05) is 12.1 Å². The molecule has 128 valence electrons. The number of aliphatic hydroxyl groups excluding tert-OH is 1. The minimum atomic E-state index is -0.271. The van der Waals surface area contributed by atoms with E-state index in [4.69, 9.17) is 12.2 Å². The van der Waals surface area contributed by atoms with Crippen LogP contribution in [0.25, 0.3) is 11.4 Å². The highest BCUT2D eigenvalue weighted by Crippen LogP contribution is 2.38. The SMILES string of the molecule is O[C@@H]1CCC[NH+](Cn2nc(-c3ccccc3F)n(C3CC3)c2=S)C1. The molecule has 2 atom stereocenters. The minimum absolute atomic E-state index is 0.250. The van der Waals surface area contributed by atoms with Crippen molar-refractivity contribution in [2.75, 3.05) is 13.1 Å². The van der Waals surface area contributed by atoms with Gasteiger partial charge in [0.25, 0.3) is 0 Å². The van der Waals surface area contributed by atoms with Crippen LogP contribution in [-0.4, -0.2) is 38.6 Å². The van der Waals surface area contributed by atoms with Crippen LogP contribution >= 0.6 is 12.2 Å². The summed E-state index contributed by atoms with van der Waals surface area (Å²) in [6.07, 6.45) is 3.76. The lowest BCUT2D eigenvalue weighted by molar-refractivity contribution is -0.931. The lowest BCUT2D eigenvalue weighted by Gasteiger charge is -2.26. The van der Waals surface area contributed by atoms with Gasteiger partial charge in [-0.3, -0.25) is 4.57 Å². The van der Waals surface area contributed by atoms with Crippen LogP contribution in [0, 0.1) is 10.6 Å². The first kappa shape index (κ1) is 15.9. The van der Waals surface area contributed by atoms with Gasteiger partial charge in [-0.25, -0.2) is 4.39 Å². The number of hydrogen-bond acceptors (Lipinski definition) is 3. The smallest absolute Gasteiger partial charge is 0.203 e. The highest BCUT2D eigenvalue weighted by atomic mass is 32.1. The summed E-state index contributed by atoms with van der Waals surface area (Å²) in [6.45, 7) is 2.34. The van der Waals surface area contributed by atoms with Gasteiger partial charge >= 0.3 is 0 Å². The maximum absolute atomic E-state index is 14.3. The molecule has 2 aromatic rings. The summed E-state index contributed by atoms with van der Waals surface area (Å²) in [5.41, 5.74) is 0.503. The number of likely N-dealkylation sites (tertiary alicyclic amines) is 1. The third kappa shape index (κ3) is 3.03. The molecule has 5 nitrogen and oxygen atoms in total. The van der Waals surface area contributed by atoms with E-state index >= 15 is 0 Å². The van der Waals surface area contributed by atoms with Crippen LogP contribution in [-0.2, 0) is 6.67 Å². The fourth-order valence-corrected chi connectivity index (χ4v) is 3.83. The molecule has 1 aliphatic carbocycles. The molecule has 0 bridgehead atoms. The maximum Gasteiger partial charge on any atom is 0.203 e. The molecule has 1 saturated heterocycles. The molecule has 1 aromatic heterocycles. The lowest BCUT2D eigenvalue weighted by atomic mass is 10.1. The molecule has 1 saturated carbocycles. The molecular formula is C17H22FN4OS+. The lowest BCUT2D eigenvalue weighted by Crippen LogP contribution is -3.13. The van der Waals surface area contributed by atoms with Gasteiger partial charge in [-0.05, 0) is 50.0 Å². The molecule has 0 radical (unpaired) electrons. The molecule has 0 amide bonds. The maximum atomic E-state index is 14.3. The number of quaternary nitrogens is 1. The van der Waals surface area contributed by atoms with Crippen LogP contribution in [0.2, 0.25) is 0 Å². The van der Waals surface area contributed by atoms with Crippen molar-refractivity contribution < 1.29 is 14.4 Å². The van der Waals surface area contributed by atoms with Gasteiger partial charge in [-0.2, -0.15) is 4.68 Å². The Kier molecular flexibility index (Phi) is 4.24. The molecule has 24 heavy (non-hydrogen) atoms. The van der Waals surface area contributed by atoms with Crippen molar-refractivity contribution in [2.45, 2.75) is 44.5 Å². The van der Waals surface area contributed by atoms with E-state index in [1.807, 2.05) is 15.3 Å². The topological polar surface area (TPSA) is 47.4 Å². The Balaban J connectivity index is 1.70. The normalized spacial score (nSPS) is 24.2. The number of aromatic nitrogens is 3. The van der Waals surface area contributed by atoms with E-state index in [2.05, 4.69) is 5.10 Å². The van der Waals surface area contributed by atoms with Crippen LogP contribution in [0.1, 0.15) is 31.7 Å². The minimum Gasteiger partial charge on any atom is -0.387 e. The summed E-state index contributed by atoms with van der Waals surface area (Å²) >= 11 is 5.64. The second-order valence-electron chi connectivity index (χ2n) is 6.85. The molecule has 1 unspecified atom stereocenters. The number of rotatable bonds is 4. The van der Waals surface area contributed by atoms with Crippen LogP contribution in [0.15, 0.2) is 24.3 Å². The van der Waals surface area contributed by atoms with Crippen LogP contribution in [0.5, 0.6) is 0 Å². The first-order valence-corrected chi connectivity index (χ1v) is 9.00. The van der Waals surface area contributed by atoms with Crippen LogP contribution < -0.4 is 4.90 Å². The standard InChI is InChI=1S/C17H21FN4OS/c18-15-6-2-1-5-14(15)16-19-21(17(24)22(16)12-7-8-12)11-20-9-3-4-13(23)10-20/h1-2,5-6,12-13,23H,3-4,7-11H2/p+1/t13-/m1/s1. The van der Waals surface area contributed by atoms with Crippen molar-refractivity contribution in [3.8, 4) is 11.4 Å². The monoisotopic (exact) mass is 349 g/mol. The quantitative estimate of drug-likeness (QED) is 0.824. The number of halogens is 1. The number of nitrogens with zero attached hydrogens (tertiary/aromatic N) is 3. The van der Waals surface area contributed by atoms with Crippen molar-refractivity contribution in [2.24, 2.45) is 0 Å². The van der Waals surface area contributed by atoms with Crippen molar-refractivity contribution in [1.29, 1.82) is 0 Å². The summed E-state index contributed by atoms with van der Waals surface area (Å²) in [6, 6.07) is 7.06. The first-order chi connectivity index (χ1) is 11.6. The number of aliphatic hydroxyl groups is 1. The second kappa shape index (κ2) is 6.38. The molecule has 2 heterocycles. The number of hydrogen-bond donors (Lipinski definition) is 2. The first-order valence-electron chi connectivity index (χ1n) is 8.59. The molecule has 0 spiro atoms. The second-order valence-corrected chi connectivity index (χ2v) is 7.21. The summed E-state index contributed by atoms with van der Waals surface area (Å²) in [4.78, 5) is 1.27. The highest BCUT2D eigenvalue weighted by molar-refractivity contribution is 7.71. The van der Waals surface area contributed by atoms with E-state index in [1.165, 1.54) is 11.0 Å². The average molecular weight is 349 g/mol. The third-order valence-corrected chi connectivity index (χ3v) is 5.27. The van der Waals surface area contributed by atoms with E-state index in [9.17, 15) is 9.50 Å². The van der Waals surface area contributed by atoms with E-state index in [1.54, 1.807) is 12.1 Å². The predicted octanol–water partition coefficient (Wildman–Crippen LogP) is 1.55. The Bertz CT molecular complexity index is 798. The van der Waals surface area contributed by atoms with Crippen LogP contribution in [0.4, 0.5) is 4.39 Å². The summed E-state index contributed by atoms with van der Waals surface area (Å²) < 4.78 is 18.7. The van der Waals surface area contributed by atoms with Gasteiger partial charge < -0.3 is 10.0 Å². The molecule has 1 aromatic carbocycles. The van der Waals surface area contributed by atoms with Crippen LogP contribution in [0.3, 0.4) is 0 Å². The Morgan fingerprint density at radius 3 is 2.79 bits per heavy atom. The number of nitrogens with one attached hydrogen (secondary N) is 1. The Labute approximate surface area is 145 Å². The van der Waals surface area contributed by atoms with Crippen molar-refractivity contribution >= 4 is 12.2 Å². The molecular weight excluding hydrogens is 327 g/mol. The van der Waals surface area contributed by atoms with Gasteiger partial charge in [0.05, 0.1) is 12.1 Å². The van der Waals surface area contributed by atoms with E-state index < -0.39 is 0 Å². The Morgan fingerprint density at radius 1 is 1.29 bits per heavy atom. The molecule has 2 fully saturated rings. The zero-order chi connectivity index (χ0) is 16.7. The Hall–Kier alpha value is -1.57.